The fourth-order valence-corrected chi connectivity index (χ4v) is 3.22. The summed E-state index contributed by atoms with van der Waals surface area (Å²) in [4.78, 5) is 18.3. The van der Waals surface area contributed by atoms with Crippen molar-refractivity contribution >= 4 is 28.8 Å². The van der Waals surface area contributed by atoms with Crippen molar-refractivity contribution in [3.63, 3.8) is 0 Å². The van der Waals surface area contributed by atoms with Crippen molar-refractivity contribution in [2.45, 2.75) is 6.18 Å². The van der Waals surface area contributed by atoms with E-state index in [2.05, 4.69) is 10.3 Å². The van der Waals surface area contributed by atoms with Crippen LogP contribution in [0.4, 0.5) is 18.9 Å². The lowest BCUT2D eigenvalue weighted by atomic mass is 10.1. The van der Waals surface area contributed by atoms with Gasteiger partial charge in [0.15, 0.2) is 0 Å². The summed E-state index contributed by atoms with van der Waals surface area (Å²) < 4.78 is 48.9. The molecule has 10 heteroatoms. The smallest absolute Gasteiger partial charge is 0.417 e. The molecular weight excluding hydrogens is 483 g/mol. The minimum atomic E-state index is -4.55. The lowest BCUT2D eigenvalue weighted by Crippen LogP contribution is -2.32. The molecule has 0 atom stereocenters. The number of alkyl halides is 3. The fraction of sp³-hybridized carbons (Fsp3) is 0.200. The van der Waals surface area contributed by atoms with Crippen LogP contribution < -0.4 is 14.8 Å². The summed E-state index contributed by atoms with van der Waals surface area (Å²) in [5, 5.41) is 2.86. The number of carbonyl (C=O) groups is 1. The third-order valence-corrected chi connectivity index (χ3v) is 5.21. The third-order valence-electron chi connectivity index (χ3n) is 4.94. The molecule has 0 aliphatic carbocycles. The quantitative estimate of drug-likeness (QED) is 0.375. The average molecular weight is 506 g/mol. The van der Waals surface area contributed by atoms with Crippen LogP contribution in [-0.4, -0.2) is 43.1 Å². The van der Waals surface area contributed by atoms with E-state index in [1.807, 2.05) is 42.5 Å². The van der Waals surface area contributed by atoms with Crippen LogP contribution in [0.1, 0.15) is 11.1 Å². The standard InChI is InChI=1S/C25H23ClF3N3O3/c1-32(12-13-35-23-22(26)14-18(15-31-23)25(27,28)29)24(33)21(17-6-4-3-5-7-17)16-30-19-8-10-20(34-2)11-9-19/h3-11,14-16,30H,12-13H2,1-2H3/b21-16-. The van der Waals surface area contributed by atoms with E-state index >= 15 is 0 Å². The molecule has 3 aromatic rings. The van der Waals surface area contributed by atoms with Gasteiger partial charge in [0, 0.05) is 25.1 Å². The van der Waals surface area contributed by atoms with E-state index in [1.165, 1.54) is 4.90 Å². The number of benzene rings is 2. The van der Waals surface area contributed by atoms with Crippen LogP contribution in [0, 0.1) is 0 Å². The number of amides is 1. The van der Waals surface area contributed by atoms with E-state index in [9.17, 15) is 18.0 Å². The maximum atomic E-state index is 13.2. The van der Waals surface area contributed by atoms with Gasteiger partial charge in [-0.2, -0.15) is 13.2 Å². The van der Waals surface area contributed by atoms with Crippen LogP contribution in [0.3, 0.4) is 0 Å². The van der Waals surface area contributed by atoms with E-state index < -0.39 is 11.7 Å². The van der Waals surface area contributed by atoms with Crippen molar-refractivity contribution in [1.29, 1.82) is 0 Å². The second-order valence-corrected chi connectivity index (χ2v) is 7.79. The molecule has 35 heavy (non-hydrogen) atoms. The zero-order valence-electron chi connectivity index (χ0n) is 19.0. The molecule has 1 amide bonds. The van der Waals surface area contributed by atoms with Crippen LogP contribution in [-0.2, 0) is 11.0 Å². The molecule has 0 aliphatic rings. The van der Waals surface area contributed by atoms with Gasteiger partial charge >= 0.3 is 6.18 Å². The third kappa shape index (κ3) is 7.13. The first kappa shape index (κ1) is 25.9. The van der Waals surface area contributed by atoms with Crippen LogP contribution >= 0.6 is 11.6 Å². The highest BCUT2D eigenvalue weighted by Gasteiger charge is 2.31. The lowest BCUT2D eigenvalue weighted by molar-refractivity contribution is -0.137. The number of hydrogen-bond acceptors (Lipinski definition) is 5. The summed E-state index contributed by atoms with van der Waals surface area (Å²) in [6, 6.07) is 17.1. The van der Waals surface area contributed by atoms with Gasteiger partial charge in [0.2, 0.25) is 5.88 Å². The summed E-state index contributed by atoms with van der Waals surface area (Å²) in [6.07, 6.45) is -2.29. The van der Waals surface area contributed by atoms with Gasteiger partial charge in [0.1, 0.15) is 17.4 Å². The molecule has 0 aliphatic heterocycles. The number of likely N-dealkylation sites (N-methyl/N-ethyl adjacent to an activating group) is 1. The van der Waals surface area contributed by atoms with Crippen LogP contribution in [0.5, 0.6) is 11.6 Å². The maximum absolute atomic E-state index is 13.2. The lowest BCUT2D eigenvalue weighted by Gasteiger charge is -2.20. The second kappa shape index (κ2) is 11.6. The molecule has 0 unspecified atom stereocenters. The molecule has 0 spiro atoms. The highest BCUT2D eigenvalue weighted by atomic mass is 35.5. The van der Waals surface area contributed by atoms with Gasteiger partial charge in [-0.15, -0.1) is 0 Å². The number of pyridine rings is 1. The topological polar surface area (TPSA) is 63.7 Å². The summed E-state index contributed by atoms with van der Waals surface area (Å²) in [7, 11) is 3.17. The molecule has 2 aromatic carbocycles. The fourth-order valence-electron chi connectivity index (χ4n) is 3.00. The molecular formula is C25H23ClF3N3O3. The Kier molecular flexibility index (Phi) is 8.59. The Morgan fingerprint density at radius 3 is 2.43 bits per heavy atom. The van der Waals surface area contributed by atoms with E-state index in [0.717, 1.165) is 11.8 Å². The molecule has 1 aromatic heterocycles. The van der Waals surface area contributed by atoms with Gasteiger partial charge in [-0.25, -0.2) is 4.98 Å². The van der Waals surface area contributed by atoms with Crippen molar-refractivity contribution < 1.29 is 27.4 Å². The van der Waals surface area contributed by atoms with Gasteiger partial charge in [-0.3, -0.25) is 4.79 Å². The molecule has 0 bridgehead atoms. The van der Waals surface area contributed by atoms with Crippen LogP contribution in [0.25, 0.3) is 5.57 Å². The molecule has 0 saturated carbocycles. The van der Waals surface area contributed by atoms with E-state index in [-0.39, 0.29) is 30.0 Å². The molecule has 1 heterocycles. The molecule has 0 fully saturated rings. The minimum absolute atomic E-state index is 0.0195. The van der Waals surface area contributed by atoms with Crippen molar-refractivity contribution in [1.82, 2.24) is 9.88 Å². The van der Waals surface area contributed by atoms with E-state index in [1.54, 1.807) is 32.5 Å². The van der Waals surface area contributed by atoms with Crippen molar-refractivity contribution in [2.75, 3.05) is 32.6 Å². The normalized spacial score (nSPS) is 11.7. The molecule has 3 rings (SSSR count). The Labute approximate surface area is 205 Å². The summed E-state index contributed by atoms with van der Waals surface area (Å²) >= 11 is 5.87. The zero-order chi connectivity index (χ0) is 25.4. The van der Waals surface area contributed by atoms with Crippen LogP contribution in [0.15, 0.2) is 73.1 Å². The number of hydrogen-bond donors (Lipinski definition) is 1. The van der Waals surface area contributed by atoms with Crippen molar-refractivity contribution in [2.24, 2.45) is 0 Å². The van der Waals surface area contributed by atoms with Gasteiger partial charge in [-0.05, 0) is 35.9 Å². The molecule has 0 radical (unpaired) electrons. The molecule has 1 N–H and O–H groups in total. The number of methoxy groups -OCH3 is 1. The molecule has 0 saturated heterocycles. The first-order valence-electron chi connectivity index (χ1n) is 10.5. The van der Waals surface area contributed by atoms with Gasteiger partial charge in [-0.1, -0.05) is 41.9 Å². The number of halogens is 4. The average Bonchev–Trinajstić information content (AvgIpc) is 2.85. The highest BCUT2D eigenvalue weighted by molar-refractivity contribution is 6.31. The molecule has 184 valence electrons. The number of anilines is 1. The summed E-state index contributed by atoms with van der Waals surface area (Å²) in [6.45, 7) is 0.124. The van der Waals surface area contributed by atoms with E-state index in [4.69, 9.17) is 21.1 Å². The minimum Gasteiger partial charge on any atom is -0.497 e. The second-order valence-electron chi connectivity index (χ2n) is 7.38. The Bertz CT molecular complexity index is 1170. The summed E-state index contributed by atoms with van der Waals surface area (Å²) in [5.74, 6) is 0.286. The van der Waals surface area contributed by atoms with Crippen molar-refractivity contribution in [3.05, 3.63) is 89.2 Å². The van der Waals surface area contributed by atoms with Gasteiger partial charge in [0.25, 0.3) is 5.91 Å². The maximum Gasteiger partial charge on any atom is 0.417 e. The Morgan fingerprint density at radius 1 is 1.14 bits per heavy atom. The monoisotopic (exact) mass is 505 g/mol. The Balaban J connectivity index is 1.68. The number of rotatable bonds is 9. The predicted octanol–water partition coefficient (Wildman–Crippen LogP) is 5.75. The first-order valence-corrected chi connectivity index (χ1v) is 10.8. The number of aromatic nitrogens is 1. The molecule has 6 nitrogen and oxygen atoms in total. The Hall–Kier alpha value is -3.72. The van der Waals surface area contributed by atoms with Crippen LogP contribution in [0.2, 0.25) is 5.02 Å². The zero-order valence-corrected chi connectivity index (χ0v) is 19.7. The van der Waals surface area contributed by atoms with Gasteiger partial charge < -0.3 is 19.7 Å². The van der Waals surface area contributed by atoms with E-state index in [0.29, 0.717) is 23.1 Å². The Morgan fingerprint density at radius 2 is 1.83 bits per heavy atom. The summed E-state index contributed by atoms with van der Waals surface area (Å²) in [5.41, 5.74) is 0.915. The van der Waals surface area contributed by atoms with Gasteiger partial charge in [0.05, 0.1) is 24.8 Å². The number of nitrogens with one attached hydrogen (secondary N) is 1. The first-order chi connectivity index (χ1) is 16.7. The number of nitrogens with zero attached hydrogens (tertiary/aromatic N) is 2. The largest absolute Gasteiger partial charge is 0.497 e. The highest BCUT2D eigenvalue weighted by Crippen LogP contribution is 2.33. The predicted molar refractivity (Wildman–Crippen MR) is 128 cm³/mol. The number of ether oxygens (including phenoxy) is 2. The SMILES string of the molecule is COc1ccc(N/C=C(\C(=O)N(C)CCOc2ncc(C(F)(F)F)cc2Cl)c2ccccc2)cc1. The number of carbonyl (C=O) groups excluding carboxylic acids is 1. The van der Waals surface area contributed by atoms with Crippen molar-refractivity contribution in [3.8, 4) is 11.6 Å².